The van der Waals surface area contributed by atoms with Crippen LogP contribution in [-0.2, 0) is 0 Å². The minimum absolute atomic E-state index is 0.0390. The van der Waals surface area contributed by atoms with E-state index in [-0.39, 0.29) is 12.8 Å². The van der Waals surface area contributed by atoms with Gasteiger partial charge in [-0.05, 0) is 26.3 Å². The molecule has 1 nitrogen and oxygen atoms in total. The molecule has 1 heterocycles. The fourth-order valence-corrected chi connectivity index (χ4v) is 1.78. The quantitative estimate of drug-likeness (QED) is 0.648. The molecule has 0 radical (unpaired) electrons. The van der Waals surface area contributed by atoms with Crippen molar-refractivity contribution in [1.29, 1.82) is 0 Å². The zero-order valence-corrected chi connectivity index (χ0v) is 8.52. The van der Waals surface area contributed by atoms with E-state index in [2.05, 4.69) is 18.7 Å². The first-order valence-electron chi connectivity index (χ1n) is 5.17. The first kappa shape index (κ1) is 10.9. The number of hydrogen-bond acceptors (Lipinski definition) is 1. The minimum atomic E-state index is -2.41. The summed E-state index contributed by atoms with van der Waals surface area (Å²) < 4.78 is 26.0. The van der Waals surface area contributed by atoms with Gasteiger partial charge in [-0.1, -0.05) is 6.92 Å². The third-order valence-corrected chi connectivity index (χ3v) is 2.97. The highest BCUT2D eigenvalue weighted by molar-refractivity contribution is 4.77. The lowest BCUT2D eigenvalue weighted by molar-refractivity contribution is -0.0138. The van der Waals surface area contributed by atoms with Gasteiger partial charge in [0.1, 0.15) is 0 Å². The molecule has 0 aliphatic carbocycles. The highest BCUT2D eigenvalue weighted by Crippen LogP contribution is 2.28. The predicted molar refractivity (Wildman–Crippen MR) is 50.1 cm³/mol. The van der Waals surface area contributed by atoms with Gasteiger partial charge in [0.25, 0.3) is 0 Å². The summed E-state index contributed by atoms with van der Waals surface area (Å²) in [6, 6.07) is 0.453. The summed E-state index contributed by atoms with van der Waals surface area (Å²) >= 11 is 0. The van der Waals surface area contributed by atoms with E-state index in [0.29, 0.717) is 19.0 Å². The van der Waals surface area contributed by atoms with Crippen molar-refractivity contribution in [3.8, 4) is 0 Å². The second-order valence-electron chi connectivity index (χ2n) is 4.00. The second kappa shape index (κ2) is 4.36. The maximum atomic E-state index is 13.0. The molecule has 0 saturated carbocycles. The molecule has 0 N–H and O–H groups in total. The zero-order valence-electron chi connectivity index (χ0n) is 8.52. The number of nitrogens with zero attached hydrogens (tertiary/aromatic N) is 1. The SMILES string of the molecule is CCC(C)N1CCCC(F)(F)CC1. The average Bonchev–Trinajstić information content (AvgIpc) is 2.25. The molecule has 1 atom stereocenters. The Hall–Kier alpha value is -0.180. The first-order valence-corrected chi connectivity index (χ1v) is 5.17. The van der Waals surface area contributed by atoms with E-state index in [0.717, 1.165) is 13.0 Å². The lowest BCUT2D eigenvalue weighted by Gasteiger charge is -2.26. The Kier molecular flexibility index (Phi) is 3.65. The number of alkyl halides is 2. The van der Waals surface area contributed by atoms with Crippen LogP contribution in [0.4, 0.5) is 8.78 Å². The third kappa shape index (κ3) is 3.22. The summed E-state index contributed by atoms with van der Waals surface area (Å²) in [4.78, 5) is 2.18. The molecule has 1 aliphatic rings. The number of halogens is 2. The molecule has 0 aromatic rings. The van der Waals surface area contributed by atoms with Crippen LogP contribution < -0.4 is 0 Å². The van der Waals surface area contributed by atoms with E-state index in [1.165, 1.54) is 0 Å². The molecule has 1 rings (SSSR count). The smallest absolute Gasteiger partial charge is 0.249 e. The van der Waals surface area contributed by atoms with Gasteiger partial charge in [-0.3, -0.25) is 0 Å². The van der Waals surface area contributed by atoms with Gasteiger partial charge in [0.05, 0.1) is 0 Å². The topological polar surface area (TPSA) is 3.24 Å². The van der Waals surface area contributed by atoms with Gasteiger partial charge in [0.15, 0.2) is 0 Å². The summed E-state index contributed by atoms with van der Waals surface area (Å²) in [6.45, 7) is 5.61. The zero-order chi connectivity index (χ0) is 9.90. The Morgan fingerprint density at radius 3 is 2.62 bits per heavy atom. The summed E-state index contributed by atoms with van der Waals surface area (Å²) in [5.74, 6) is -2.41. The number of hydrogen-bond donors (Lipinski definition) is 0. The largest absolute Gasteiger partial charge is 0.300 e. The minimum Gasteiger partial charge on any atom is -0.300 e. The molecule has 1 saturated heterocycles. The van der Waals surface area contributed by atoms with Gasteiger partial charge in [-0.15, -0.1) is 0 Å². The molecule has 3 heteroatoms. The summed E-state index contributed by atoms with van der Waals surface area (Å²) in [5, 5.41) is 0. The molecule has 1 aliphatic heterocycles. The molecule has 0 amide bonds. The normalized spacial score (nSPS) is 26.8. The average molecular weight is 191 g/mol. The van der Waals surface area contributed by atoms with E-state index >= 15 is 0 Å². The van der Waals surface area contributed by atoms with Crippen LogP contribution in [0.5, 0.6) is 0 Å². The molecule has 1 unspecified atom stereocenters. The fraction of sp³-hybridized carbons (Fsp3) is 1.00. The van der Waals surface area contributed by atoms with Crippen molar-refractivity contribution in [2.24, 2.45) is 0 Å². The van der Waals surface area contributed by atoms with Crippen molar-refractivity contribution in [2.75, 3.05) is 13.1 Å². The lowest BCUT2D eigenvalue weighted by atomic mass is 10.1. The first-order chi connectivity index (χ1) is 6.05. The van der Waals surface area contributed by atoms with E-state index < -0.39 is 5.92 Å². The molecule has 13 heavy (non-hydrogen) atoms. The van der Waals surface area contributed by atoms with Gasteiger partial charge in [0.2, 0.25) is 5.92 Å². The highest BCUT2D eigenvalue weighted by atomic mass is 19.3. The van der Waals surface area contributed by atoms with E-state index in [9.17, 15) is 8.78 Å². The second-order valence-corrected chi connectivity index (χ2v) is 4.00. The van der Waals surface area contributed by atoms with Crippen LogP contribution in [0.3, 0.4) is 0 Å². The van der Waals surface area contributed by atoms with Gasteiger partial charge in [-0.2, -0.15) is 0 Å². The monoisotopic (exact) mass is 191 g/mol. The van der Waals surface area contributed by atoms with Crippen LogP contribution in [-0.4, -0.2) is 30.0 Å². The Bertz CT molecular complexity index is 159. The maximum absolute atomic E-state index is 13.0. The van der Waals surface area contributed by atoms with Crippen molar-refractivity contribution in [3.05, 3.63) is 0 Å². The third-order valence-electron chi connectivity index (χ3n) is 2.97. The van der Waals surface area contributed by atoms with Crippen LogP contribution in [0.1, 0.15) is 39.5 Å². The van der Waals surface area contributed by atoms with Crippen LogP contribution in [0.25, 0.3) is 0 Å². The molecule has 78 valence electrons. The number of rotatable bonds is 2. The number of likely N-dealkylation sites (tertiary alicyclic amines) is 1. The highest BCUT2D eigenvalue weighted by Gasteiger charge is 2.32. The Labute approximate surface area is 79.1 Å². The van der Waals surface area contributed by atoms with Crippen molar-refractivity contribution >= 4 is 0 Å². The fourth-order valence-electron chi connectivity index (χ4n) is 1.78. The van der Waals surface area contributed by atoms with Gasteiger partial charge in [0, 0.05) is 25.4 Å². The molecule has 0 aromatic heterocycles. The maximum Gasteiger partial charge on any atom is 0.249 e. The van der Waals surface area contributed by atoms with Crippen molar-refractivity contribution in [1.82, 2.24) is 4.90 Å². The summed E-state index contributed by atoms with van der Waals surface area (Å²) in [6.07, 6.45) is 1.79. The molecule has 1 fully saturated rings. The molecule has 0 aromatic carbocycles. The van der Waals surface area contributed by atoms with E-state index in [1.807, 2.05) is 0 Å². The summed E-state index contributed by atoms with van der Waals surface area (Å²) in [5.41, 5.74) is 0. The van der Waals surface area contributed by atoms with Crippen molar-refractivity contribution in [2.45, 2.75) is 51.5 Å². The lowest BCUT2D eigenvalue weighted by Crippen LogP contribution is -2.34. The van der Waals surface area contributed by atoms with Crippen LogP contribution in [0.2, 0.25) is 0 Å². The summed E-state index contributed by atoms with van der Waals surface area (Å²) in [7, 11) is 0. The molecular weight excluding hydrogens is 172 g/mol. The Morgan fingerprint density at radius 1 is 1.31 bits per heavy atom. The molecular formula is C10H19F2N. The van der Waals surface area contributed by atoms with Gasteiger partial charge >= 0.3 is 0 Å². The van der Waals surface area contributed by atoms with Crippen LogP contribution in [0, 0.1) is 0 Å². The van der Waals surface area contributed by atoms with Crippen molar-refractivity contribution in [3.63, 3.8) is 0 Å². The molecule has 0 bridgehead atoms. The van der Waals surface area contributed by atoms with Gasteiger partial charge in [-0.25, -0.2) is 8.78 Å². The molecule has 0 spiro atoms. The van der Waals surface area contributed by atoms with Gasteiger partial charge < -0.3 is 4.90 Å². The Balaban J connectivity index is 2.45. The standard InChI is InChI=1S/C10H19F2N/c1-3-9(2)13-7-4-5-10(11,12)6-8-13/h9H,3-8H2,1-2H3. The predicted octanol–water partition coefficient (Wildman–Crippen LogP) is 2.91. The van der Waals surface area contributed by atoms with E-state index in [4.69, 9.17) is 0 Å². The van der Waals surface area contributed by atoms with Crippen molar-refractivity contribution < 1.29 is 8.78 Å². The van der Waals surface area contributed by atoms with Crippen LogP contribution >= 0.6 is 0 Å². The Morgan fingerprint density at radius 2 is 2.00 bits per heavy atom. The van der Waals surface area contributed by atoms with E-state index in [1.54, 1.807) is 0 Å². The van der Waals surface area contributed by atoms with Crippen LogP contribution in [0.15, 0.2) is 0 Å².